The molecule has 0 aliphatic carbocycles. The number of allylic oxidation sites excluding steroid dienone is 1. The Morgan fingerprint density at radius 3 is 2.29 bits per heavy atom. The molecule has 0 unspecified atom stereocenters. The molecule has 1 aliphatic rings. The van der Waals surface area contributed by atoms with E-state index in [1.807, 2.05) is 6.08 Å². The second-order valence-electron chi connectivity index (χ2n) is 7.65. The van der Waals surface area contributed by atoms with E-state index in [2.05, 4.69) is 45.7 Å². The first-order valence-electron chi connectivity index (χ1n) is 7.83. The fourth-order valence-electron chi connectivity index (χ4n) is 3.61. The predicted octanol–water partition coefficient (Wildman–Crippen LogP) is 4.36. The Labute approximate surface area is 129 Å². The van der Waals surface area contributed by atoms with Gasteiger partial charge in [-0.2, -0.15) is 0 Å². The van der Waals surface area contributed by atoms with Crippen molar-refractivity contribution in [3.8, 4) is 0 Å². The molecule has 3 heteroatoms. The van der Waals surface area contributed by atoms with E-state index in [1.54, 1.807) is 13.1 Å². The highest BCUT2D eigenvalue weighted by molar-refractivity contribution is 6.74. The van der Waals surface area contributed by atoms with Crippen LogP contribution in [-0.4, -0.2) is 13.8 Å². The summed E-state index contributed by atoms with van der Waals surface area (Å²) in [7, 11) is 1.77. The van der Waals surface area contributed by atoms with Crippen LogP contribution in [0.25, 0.3) is 0 Å². The van der Waals surface area contributed by atoms with Gasteiger partial charge in [-0.1, -0.05) is 57.9 Å². The molecule has 0 aromatic heterocycles. The Balaban J connectivity index is 2.40. The van der Waals surface area contributed by atoms with Gasteiger partial charge in [0.2, 0.25) is 0 Å². The van der Waals surface area contributed by atoms with Crippen molar-refractivity contribution in [2.45, 2.75) is 46.8 Å². The summed E-state index contributed by atoms with van der Waals surface area (Å²) in [5, 5.41) is 2.98. The van der Waals surface area contributed by atoms with E-state index < -0.39 is 0 Å². The number of rotatable bonds is 4. The maximum atomic E-state index is 14.4. The fraction of sp³-hybridized carbons (Fsp3) is 0.556. The summed E-state index contributed by atoms with van der Waals surface area (Å²) < 4.78 is 14.4. The summed E-state index contributed by atoms with van der Waals surface area (Å²) in [5.41, 5.74) is 3.32. The highest BCUT2D eigenvalue weighted by Gasteiger charge is 2.48. The van der Waals surface area contributed by atoms with Crippen LogP contribution in [0.4, 0.5) is 10.1 Å². The van der Waals surface area contributed by atoms with Crippen molar-refractivity contribution in [2.75, 3.05) is 12.4 Å². The molecule has 1 fully saturated rings. The summed E-state index contributed by atoms with van der Waals surface area (Å²) in [4.78, 5) is 0. The number of benzene rings is 1. The summed E-state index contributed by atoms with van der Waals surface area (Å²) in [5.74, 6) is -0.144. The molecule has 0 saturated carbocycles. The van der Waals surface area contributed by atoms with Gasteiger partial charge in [0.25, 0.3) is 0 Å². The molecule has 1 heterocycles. The fourth-order valence-corrected chi connectivity index (χ4v) is 3.61. The van der Waals surface area contributed by atoms with Crippen molar-refractivity contribution in [3.63, 3.8) is 0 Å². The highest BCUT2D eigenvalue weighted by Crippen LogP contribution is 2.52. The molecule has 1 aromatic carbocycles. The molecule has 1 saturated heterocycles. The lowest BCUT2D eigenvalue weighted by Gasteiger charge is -2.35. The van der Waals surface area contributed by atoms with Crippen LogP contribution in [0.2, 0.25) is 12.6 Å². The van der Waals surface area contributed by atoms with Crippen LogP contribution in [-0.2, 0) is 6.42 Å². The van der Waals surface area contributed by atoms with Crippen LogP contribution in [0.15, 0.2) is 24.8 Å². The van der Waals surface area contributed by atoms with Crippen LogP contribution in [0.1, 0.15) is 33.3 Å². The average Bonchev–Trinajstić information content (AvgIpc) is 2.58. The van der Waals surface area contributed by atoms with Crippen LogP contribution in [0.3, 0.4) is 0 Å². The summed E-state index contributed by atoms with van der Waals surface area (Å²) in [6.45, 7) is 13.5. The number of hydrogen-bond donors (Lipinski definition) is 1. The second kappa shape index (κ2) is 5.51. The van der Waals surface area contributed by atoms with Gasteiger partial charge in [0, 0.05) is 7.05 Å². The van der Waals surface area contributed by atoms with Crippen LogP contribution >= 0.6 is 0 Å². The molecule has 1 aromatic rings. The van der Waals surface area contributed by atoms with E-state index in [0.29, 0.717) is 18.8 Å². The smallest absolute Gasteiger partial charge is 0.177 e. The molecular weight excluding hydrogens is 260 g/mol. The topological polar surface area (TPSA) is 12.0 Å². The number of anilines is 1. The van der Waals surface area contributed by atoms with Crippen LogP contribution in [0.5, 0.6) is 0 Å². The third-order valence-corrected chi connectivity index (χ3v) is 5.63. The standard InChI is InChI=1S/C18H27BFN/c1-7-8-13-9-14(10-15(20)16(13)21-6)19-11-17(2,3)18(4,5)12-19/h7,9-10,21H,1,8,11-12H2,2-6H3. The van der Waals surface area contributed by atoms with Gasteiger partial charge in [-0.25, -0.2) is 4.39 Å². The first-order valence-corrected chi connectivity index (χ1v) is 7.83. The van der Waals surface area contributed by atoms with Gasteiger partial charge >= 0.3 is 0 Å². The summed E-state index contributed by atoms with van der Waals surface area (Å²) >= 11 is 0. The molecule has 0 spiro atoms. The summed E-state index contributed by atoms with van der Waals surface area (Å²) in [6, 6.07) is 3.89. The molecule has 0 atom stereocenters. The van der Waals surface area contributed by atoms with E-state index in [9.17, 15) is 4.39 Å². The van der Waals surface area contributed by atoms with Gasteiger partial charge in [0.15, 0.2) is 6.71 Å². The van der Waals surface area contributed by atoms with Gasteiger partial charge in [-0.15, -0.1) is 6.58 Å². The van der Waals surface area contributed by atoms with E-state index in [1.165, 1.54) is 0 Å². The van der Waals surface area contributed by atoms with Gasteiger partial charge in [0.05, 0.1) is 5.69 Å². The van der Waals surface area contributed by atoms with E-state index in [-0.39, 0.29) is 16.6 Å². The van der Waals surface area contributed by atoms with Crippen molar-refractivity contribution in [2.24, 2.45) is 10.8 Å². The minimum absolute atomic E-state index is 0.144. The molecule has 114 valence electrons. The number of hydrogen-bond acceptors (Lipinski definition) is 1. The quantitative estimate of drug-likeness (QED) is 0.640. The van der Waals surface area contributed by atoms with Gasteiger partial charge in [-0.05, 0) is 28.9 Å². The minimum Gasteiger partial charge on any atom is -0.386 e. The molecule has 2 rings (SSSR count). The monoisotopic (exact) mass is 287 g/mol. The van der Waals surface area contributed by atoms with Gasteiger partial charge < -0.3 is 5.32 Å². The lowest BCUT2D eigenvalue weighted by Crippen LogP contribution is -2.29. The van der Waals surface area contributed by atoms with Gasteiger partial charge in [0.1, 0.15) is 5.82 Å². The molecule has 1 aliphatic heterocycles. The molecule has 1 N–H and O–H groups in total. The lowest BCUT2D eigenvalue weighted by molar-refractivity contribution is 0.177. The first kappa shape index (κ1) is 16.1. The molecular formula is C18H27BFN. The largest absolute Gasteiger partial charge is 0.386 e. The molecule has 0 radical (unpaired) electrons. The van der Waals surface area contributed by atoms with Crippen molar-refractivity contribution >= 4 is 17.9 Å². The molecule has 1 nitrogen and oxygen atoms in total. The zero-order chi connectivity index (χ0) is 15.8. The summed E-state index contributed by atoms with van der Waals surface area (Å²) in [6.07, 6.45) is 4.76. The van der Waals surface area contributed by atoms with E-state index in [0.717, 1.165) is 23.7 Å². The SMILES string of the molecule is C=CCc1cc(B2CC(C)(C)C(C)(C)C2)cc(F)c1NC. The van der Waals surface area contributed by atoms with Crippen molar-refractivity contribution in [1.82, 2.24) is 0 Å². The van der Waals surface area contributed by atoms with Crippen LogP contribution < -0.4 is 10.8 Å². The third-order valence-electron chi connectivity index (χ3n) is 5.63. The van der Waals surface area contributed by atoms with Crippen molar-refractivity contribution < 1.29 is 4.39 Å². The normalized spacial score (nSPS) is 19.6. The highest BCUT2D eigenvalue weighted by atomic mass is 19.1. The third kappa shape index (κ3) is 2.88. The zero-order valence-electron chi connectivity index (χ0n) is 14.0. The van der Waals surface area contributed by atoms with Gasteiger partial charge in [-0.3, -0.25) is 0 Å². The minimum atomic E-state index is -0.144. The lowest BCUT2D eigenvalue weighted by atomic mass is 9.42. The first-order chi connectivity index (χ1) is 9.71. The van der Waals surface area contributed by atoms with Crippen molar-refractivity contribution in [1.29, 1.82) is 0 Å². The second-order valence-corrected chi connectivity index (χ2v) is 7.65. The maximum Gasteiger partial charge on any atom is 0.177 e. The Bertz CT molecular complexity index is 532. The zero-order valence-corrected chi connectivity index (χ0v) is 14.0. The van der Waals surface area contributed by atoms with E-state index >= 15 is 0 Å². The average molecular weight is 287 g/mol. The van der Waals surface area contributed by atoms with E-state index in [4.69, 9.17) is 0 Å². The Hall–Kier alpha value is -1.25. The Morgan fingerprint density at radius 2 is 1.81 bits per heavy atom. The molecule has 21 heavy (non-hydrogen) atoms. The molecule has 0 amide bonds. The molecule has 0 bridgehead atoms. The number of nitrogens with one attached hydrogen (secondary N) is 1. The predicted molar refractivity (Wildman–Crippen MR) is 92.4 cm³/mol. The van der Waals surface area contributed by atoms with Crippen molar-refractivity contribution in [3.05, 3.63) is 36.2 Å². The number of halogens is 1. The maximum absolute atomic E-state index is 14.4. The van der Waals surface area contributed by atoms with Crippen LogP contribution in [0, 0.1) is 16.6 Å². The Morgan fingerprint density at radius 1 is 1.24 bits per heavy atom. The Kier molecular flexibility index (Phi) is 4.23.